The van der Waals surface area contributed by atoms with Crippen LogP contribution in [-0.2, 0) is 4.79 Å². The number of hydrogen-bond donors (Lipinski definition) is 2. The van der Waals surface area contributed by atoms with Crippen LogP contribution in [-0.4, -0.2) is 25.5 Å². The Balaban J connectivity index is 2.09. The van der Waals surface area contributed by atoms with E-state index in [4.69, 9.17) is 0 Å². The molecule has 0 aromatic heterocycles. The van der Waals surface area contributed by atoms with Gasteiger partial charge < -0.3 is 10.6 Å². The quantitative estimate of drug-likeness (QED) is 0.651. The molecule has 1 atom stereocenters. The summed E-state index contributed by atoms with van der Waals surface area (Å²) in [4.78, 5) is 11.8. The number of carbonyl (C=O) groups excluding carboxylic acids is 1. The summed E-state index contributed by atoms with van der Waals surface area (Å²) >= 11 is 0. The molecule has 0 radical (unpaired) electrons. The Bertz CT molecular complexity index is 200. The van der Waals surface area contributed by atoms with Crippen molar-refractivity contribution in [3.63, 3.8) is 0 Å². The third-order valence-corrected chi connectivity index (χ3v) is 3.46. The Morgan fingerprint density at radius 3 is 2.62 bits per heavy atom. The van der Waals surface area contributed by atoms with Gasteiger partial charge in [0.1, 0.15) is 0 Å². The highest BCUT2D eigenvalue weighted by atomic mass is 16.1. The molecule has 3 heteroatoms. The van der Waals surface area contributed by atoms with E-state index in [2.05, 4.69) is 24.5 Å². The van der Waals surface area contributed by atoms with E-state index < -0.39 is 0 Å². The molecule has 0 saturated heterocycles. The van der Waals surface area contributed by atoms with Gasteiger partial charge >= 0.3 is 0 Å². The summed E-state index contributed by atoms with van der Waals surface area (Å²) in [7, 11) is 0. The molecule has 1 aliphatic rings. The molecule has 0 aromatic rings. The van der Waals surface area contributed by atoms with Gasteiger partial charge in [-0.3, -0.25) is 4.79 Å². The van der Waals surface area contributed by atoms with E-state index in [1.807, 2.05) is 0 Å². The van der Waals surface area contributed by atoms with Gasteiger partial charge in [0, 0.05) is 19.0 Å². The molecule has 94 valence electrons. The average molecular weight is 226 g/mol. The highest BCUT2D eigenvalue weighted by molar-refractivity contribution is 5.78. The maximum Gasteiger partial charge on any atom is 0.222 e. The minimum atomic E-state index is 0.185. The molecule has 1 rings (SSSR count). The molecule has 1 aliphatic carbocycles. The van der Waals surface area contributed by atoms with Crippen LogP contribution in [0.3, 0.4) is 0 Å². The second-order valence-corrected chi connectivity index (χ2v) is 4.93. The van der Waals surface area contributed by atoms with Gasteiger partial charge in [-0.1, -0.05) is 39.5 Å². The van der Waals surface area contributed by atoms with Crippen LogP contribution in [0, 0.1) is 11.8 Å². The van der Waals surface area contributed by atoms with Gasteiger partial charge in [0.05, 0.1) is 0 Å². The highest BCUT2D eigenvalue weighted by Gasteiger charge is 2.21. The summed E-state index contributed by atoms with van der Waals surface area (Å²) in [6.45, 7) is 6.72. The average Bonchev–Trinajstić information content (AvgIpc) is 2.76. The van der Waals surface area contributed by atoms with Crippen molar-refractivity contribution >= 4 is 5.91 Å². The number of likely N-dealkylation sites (N-methyl/N-ethyl adjacent to an activating group) is 1. The van der Waals surface area contributed by atoms with E-state index >= 15 is 0 Å². The molecule has 16 heavy (non-hydrogen) atoms. The van der Waals surface area contributed by atoms with Gasteiger partial charge in [-0.15, -0.1) is 0 Å². The van der Waals surface area contributed by atoms with E-state index in [1.54, 1.807) is 0 Å². The Hall–Kier alpha value is -0.570. The summed E-state index contributed by atoms with van der Waals surface area (Å²) in [5.74, 6) is 1.21. The normalized spacial score (nSPS) is 18.6. The van der Waals surface area contributed by atoms with Crippen molar-refractivity contribution in [1.82, 2.24) is 10.6 Å². The largest absolute Gasteiger partial charge is 0.355 e. The lowest BCUT2D eigenvalue weighted by atomic mass is 9.94. The molecular formula is C13H26N2O. The first-order valence-electron chi connectivity index (χ1n) is 6.72. The molecule has 3 nitrogen and oxygen atoms in total. The van der Waals surface area contributed by atoms with Crippen molar-refractivity contribution in [2.75, 3.05) is 19.6 Å². The molecule has 1 unspecified atom stereocenters. The molecule has 2 N–H and O–H groups in total. The van der Waals surface area contributed by atoms with Gasteiger partial charge in [-0.05, 0) is 18.9 Å². The predicted molar refractivity (Wildman–Crippen MR) is 67.3 cm³/mol. The van der Waals surface area contributed by atoms with Crippen molar-refractivity contribution in [3.8, 4) is 0 Å². The number of amides is 1. The van der Waals surface area contributed by atoms with Gasteiger partial charge in [-0.2, -0.15) is 0 Å². The third-order valence-electron chi connectivity index (χ3n) is 3.46. The Labute approximate surface area is 99.4 Å². The first-order chi connectivity index (χ1) is 7.74. The van der Waals surface area contributed by atoms with Gasteiger partial charge in [-0.25, -0.2) is 0 Å². The third kappa shape index (κ3) is 4.97. The van der Waals surface area contributed by atoms with Crippen LogP contribution in [0.25, 0.3) is 0 Å². The van der Waals surface area contributed by atoms with Crippen molar-refractivity contribution in [3.05, 3.63) is 0 Å². The van der Waals surface area contributed by atoms with Crippen LogP contribution in [0.2, 0.25) is 0 Å². The Kier molecular flexibility index (Phi) is 6.46. The van der Waals surface area contributed by atoms with E-state index in [0.717, 1.165) is 32.0 Å². The smallest absolute Gasteiger partial charge is 0.222 e. The van der Waals surface area contributed by atoms with E-state index in [1.165, 1.54) is 25.7 Å². The minimum Gasteiger partial charge on any atom is -0.355 e. The predicted octanol–water partition coefficient (Wildman–Crippen LogP) is 1.93. The lowest BCUT2D eigenvalue weighted by Crippen LogP contribution is -2.35. The number of hydrogen-bond acceptors (Lipinski definition) is 2. The van der Waals surface area contributed by atoms with Gasteiger partial charge in [0.15, 0.2) is 0 Å². The minimum absolute atomic E-state index is 0.185. The topological polar surface area (TPSA) is 41.1 Å². The first-order valence-corrected chi connectivity index (χ1v) is 6.72. The van der Waals surface area contributed by atoms with Crippen LogP contribution in [0.15, 0.2) is 0 Å². The van der Waals surface area contributed by atoms with Gasteiger partial charge in [0.2, 0.25) is 5.91 Å². The van der Waals surface area contributed by atoms with Crippen LogP contribution in [0.4, 0.5) is 0 Å². The van der Waals surface area contributed by atoms with E-state index in [9.17, 15) is 4.79 Å². The van der Waals surface area contributed by atoms with Crippen molar-refractivity contribution < 1.29 is 4.79 Å². The molecule has 1 saturated carbocycles. The van der Waals surface area contributed by atoms with Crippen molar-refractivity contribution in [1.29, 1.82) is 0 Å². The van der Waals surface area contributed by atoms with E-state index in [0.29, 0.717) is 0 Å². The molecule has 1 amide bonds. The SMILES string of the molecule is CCNCCNC(=O)C(C)CC1CCCC1. The van der Waals surface area contributed by atoms with Crippen LogP contribution < -0.4 is 10.6 Å². The second kappa shape index (κ2) is 7.66. The fourth-order valence-corrected chi connectivity index (χ4v) is 2.48. The molecule has 0 heterocycles. The van der Waals surface area contributed by atoms with Gasteiger partial charge in [0.25, 0.3) is 0 Å². The molecule has 0 aliphatic heterocycles. The fourth-order valence-electron chi connectivity index (χ4n) is 2.48. The Morgan fingerprint density at radius 2 is 2.00 bits per heavy atom. The summed E-state index contributed by atoms with van der Waals surface area (Å²) in [5.41, 5.74) is 0. The zero-order valence-corrected chi connectivity index (χ0v) is 10.7. The number of rotatable bonds is 7. The summed E-state index contributed by atoms with van der Waals surface area (Å²) in [6.07, 6.45) is 6.45. The molecular weight excluding hydrogens is 200 g/mol. The van der Waals surface area contributed by atoms with E-state index in [-0.39, 0.29) is 11.8 Å². The maximum atomic E-state index is 11.8. The fraction of sp³-hybridized carbons (Fsp3) is 0.923. The number of carbonyl (C=O) groups is 1. The van der Waals surface area contributed by atoms with Crippen LogP contribution in [0.1, 0.15) is 46.0 Å². The summed E-state index contributed by atoms with van der Waals surface area (Å²) < 4.78 is 0. The number of nitrogens with one attached hydrogen (secondary N) is 2. The molecule has 0 bridgehead atoms. The monoisotopic (exact) mass is 226 g/mol. The van der Waals surface area contributed by atoms with Crippen LogP contribution >= 0.6 is 0 Å². The van der Waals surface area contributed by atoms with Crippen molar-refractivity contribution in [2.24, 2.45) is 11.8 Å². The lowest BCUT2D eigenvalue weighted by Gasteiger charge is -2.16. The second-order valence-electron chi connectivity index (χ2n) is 4.93. The maximum absolute atomic E-state index is 11.8. The highest BCUT2D eigenvalue weighted by Crippen LogP contribution is 2.30. The summed E-state index contributed by atoms with van der Waals surface area (Å²) in [6, 6.07) is 0. The zero-order chi connectivity index (χ0) is 11.8. The first kappa shape index (κ1) is 13.5. The molecule has 0 spiro atoms. The molecule has 0 aromatic carbocycles. The van der Waals surface area contributed by atoms with Crippen molar-refractivity contribution in [2.45, 2.75) is 46.0 Å². The van der Waals surface area contributed by atoms with Crippen LogP contribution in [0.5, 0.6) is 0 Å². The standard InChI is InChI=1S/C13H26N2O/c1-3-14-8-9-15-13(16)11(2)10-12-6-4-5-7-12/h11-12,14H,3-10H2,1-2H3,(H,15,16). The zero-order valence-electron chi connectivity index (χ0n) is 10.7. The lowest BCUT2D eigenvalue weighted by molar-refractivity contribution is -0.124. The Morgan fingerprint density at radius 1 is 1.31 bits per heavy atom. The molecule has 1 fully saturated rings. The summed E-state index contributed by atoms with van der Waals surface area (Å²) in [5, 5.41) is 6.19.